The van der Waals surface area contributed by atoms with Gasteiger partial charge in [0.1, 0.15) is 0 Å². The van der Waals surface area contributed by atoms with E-state index in [1.807, 2.05) is 24.3 Å². The van der Waals surface area contributed by atoms with Crippen molar-refractivity contribution in [1.82, 2.24) is 10.1 Å². The monoisotopic (exact) mass is 210 g/mol. The quantitative estimate of drug-likeness (QED) is 0.772. The van der Waals surface area contributed by atoms with E-state index in [1.54, 1.807) is 0 Å². The van der Waals surface area contributed by atoms with Crippen LogP contribution in [0.5, 0.6) is 6.08 Å². The molecule has 0 fully saturated rings. The zero-order valence-electron chi connectivity index (χ0n) is 7.14. The molecule has 1 aromatic heterocycles. The summed E-state index contributed by atoms with van der Waals surface area (Å²) in [4.78, 5) is 3.68. The second-order valence-electron chi connectivity index (χ2n) is 2.73. The molecule has 14 heavy (non-hydrogen) atoms. The van der Waals surface area contributed by atoms with Crippen LogP contribution in [0.15, 0.2) is 28.8 Å². The highest BCUT2D eigenvalue weighted by atomic mass is 35.5. The fourth-order valence-electron chi connectivity index (χ4n) is 1.08. The Bertz CT molecular complexity index is 425. The Morgan fingerprint density at radius 3 is 2.50 bits per heavy atom. The molecule has 5 heteroatoms. The lowest BCUT2D eigenvalue weighted by atomic mass is 10.1. The third-order valence-electron chi connectivity index (χ3n) is 1.78. The summed E-state index contributed by atoms with van der Waals surface area (Å²) in [6.07, 6.45) is -0.429. The number of aromatic hydroxyl groups is 1. The van der Waals surface area contributed by atoms with E-state index < -0.39 is 6.08 Å². The van der Waals surface area contributed by atoms with Crippen molar-refractivity contribution in [2.75, 3.05) is 0 Å². The smallest absolute Gasteiger partial charge is 0.415 e. The number of rotatable bonds is 2. The molecule has 0 radical (unpaired) electrons. The van der Waals surface area contributed by atoms with Crippen molar-refractivity contribution in [2.45, 2.75) is 5.88 Å². The second-order valence-corrected chi connectivity index (χ2v) is 3.00. The number of halogens is 1. The molecule has 0 atom stereocenters. The summed E-state index contributed by atoms with van der Waals surface area (Å²) in [5.41, 5.74) is 1.80. The Morgan fingerprint density at radius 1 is 1.29 bits per heavy atom. The molecule has 0 aliphatic rings. The summed E-state index contributed by atoms with van der Waals surface area (Å²) in [5.74, 6) is 0.834. The summed E-state index contributed by atoms with van der Waals surface area (Å²) in [6.45, 7) is 0. The number of nitrogens with zero attached hydrogens (tertiary/aromatic N) is 2. The molecule has 1 heterocycles. The minimum absolute atomic E-state index is 0.364. The Balaban J connectivity index is 2.33. The number of alkyl halides is 1. The maximum atomic E-state index is 8.85. The lowest BCUT2D eigenvalue weighted by Crippen LogP contribution is -1.81. The molecule has 72 valence electrons. The van der Waals surface area contributed by atoms with Gasteiger partial charge in [-0.15, -0.1) is 11.6 Å². The van der Waals surface area contributed by atoms with Gasteiger partial charge in [-0.05, 0) is 5.56 Å². The van der Waals surface area contributed by atoms with E-state index in [0.29, 0.717) is 11.7 Å². The van der Waals surface area contributed by atoms with E-state index in [-0.39, 0.29) is 0 Å². The maximum absolute atomic E-state index is 8.85. The lowest BCUT2D eigenvalue weighted by Gasteiger charge is -1.95. The van der Waals surface area contributed by atoms with Gasteiger partial charge in [0.15, 0.2) is 0 Å². The van der Waals surface area contributed by atoms with E-state index in [4.69, 9.17) is 16.7 Å². The summed E-state index contributed by atoms with van der Waals surface area (Å²) in [7, 11) is 0. The average Bonchev–Trinajstić information content (AvgIpc) is 2.65. The predicted molar refractivity (Wildman–Crippen MR) is 51.0 cm³/mol. The highest BCUT2D eigenvalue weighted by Crippen LogP contribution is 2.18. The fourth-order valence-corrected chi connectivity index (χ4v) is 1.25. The highest BCUT2D eigenvalue weighted by molar-refractivity contribution is 6.17. The van der Waals surface area contributed by atoms with Crippen molar-refractivity contribution in [3.05, 3.63) is 29.8 Å². The molecule has 1 aromatic carbocycles. The van der Waals surface area contributed by atoms with Gasteiger partial charge in [0.05, 0.1) is 0 Å². The second kappa shape index (κ2) is 3.67. The maximum Gasteiger partial charge on any atom is 0.415 e. The van der Waals surface area contributed by atoms with Crippen LogP contribution in [0, 0.1) is 0 Å². The van der Waals surface area contributed by atoms with Crippen molar-refractivity contribution in [2.24, 2.45) is 0 Å². The SMILES string of the molecule is Oc1nc(-c2ccc(CCl)cc2)no1. The van der Waals surface area contributed by atoms with E-state index in [1.165, 1.54) is 0 Å². The van der Waals surface area contributed by atoms with Gasteiger partial charge in [-0.1, -0.05) is 29.4 Å². The van der Waals surface area contributed by atoms with E-state index in [2.05, 4.69) is 14.7 Å². The zero-order valence-corrected chi connectivity index (χ0v) is 7.90. The largest absolute Gasteiger partial charge is 0.464 e. The first-order valence-electron chi connectivity index (χ1n) is 3.97. The highest BCUT2D eigenvalue weighted by Gasteiger charge is 2.06. The first kappa shape index (κ1) is 9.02. The minimum Gasteiger partial charge on any atom is -0.464 e. The molecular weight excluding hydrogens is 204 g/mol. The summed E-state index contributed by atoms with van der Waals surface area (Å²) in [6, 6.07) is 7.38. The first-order valence-corrected chi connectivity index (χ1v) is 4.51. The fraction of sp³-hybridized carbons (Fsp3) is 0.111. The third kappa shape index (κ3) is 1.70. The van der Waals surface area contributed by atoms with Gasteiger partial charge in [-0.25, -0.2) is 0 Å². The van der Waals surface area contributed by atoms with Crippen molar-refractivity contribution >= 4 is 11.6 Å². The number of benzene rings is 1. The average molecular weight is 211 g/mol. The van der Waals surface area contributed by atoms with Crippen LogP contribution in [0.4, 0.5) is 0 Å². The van der Waals surface area contributed by atoms with Crippen molar-refractivity contribution in [3.63, 3.8) is 0 Å². The number of hydrogen-bond acceptors (Lipinski definition) is 4. The molecule has 0 saturated carbocycles. The van der Waals surface area contributed by atoms with Crippen molar-refractivity contribution in [3.8, 4) is 17.5 Å². The van der Waals surface area contributed by atoms with Gasteiger partial charge in [0.25, 0.3) is 0 Å². The van der Waals surface area contributed by atoms with Gasteiger partial charge in [-0.3, -0.25) is 4.52 Å². The summed E-state index contributed by atoms with van der Waals surface area (Å²) >= 11 is 5.64. The Kier molecular flexibility index (Phi) is 2.37. The lowest BCUT2D eigenvalue weighted by molar-refractivity contribution is 0.267. The van der Waals surface area contributed by atoms with Crippen LogP contribution in [0.2, 0.25) is 0 Å². The topological polar surface area (TPSA) is 59.2 Å². The molecule has 0 bridgehead atoms. The molecule has 2 aromatic rings. The molecule has 0 spiro atoms. The molecule has 0 aliphatic carbocycles. The Hall–Kier alpha value is -1.55. The molecule has 0 unspecified atom stereocenters. The van der Waals surface area contributed by atoms with Crippen molar-refractivity contribution in [1.29, 1.82) is 0 Å². The molecule has 2 rings (SSSR count). The van der Waals surface area contributed by atoms with Crippen molar-refractivity contribution < 1.29 is 9.63 Å². The summed E-state index contributed by atoms with van der Waals surface area (Å²) in [5, 5.41) is 12.4. The first-order chi connectivity index (χ1) is 6.79. The third-order valence-corrected chi connectivity index (χ3v) is 2.09. The van der Waals surface area contributed by atoms with Crippen LogP contribution in [-0.4, -0.2) is 15.2 Å². The molecule has 0 amide bonds. The molecular formula is C9H7ClN2O2. The number of hydrogen-bond donors (Lipinski definition) is 1. The van der Waals surface area contributed by atoms with Gasteiger partial charge in [-0.2, -0.15) is 4.98 Å². The minimum atomic E-state index is -0.429. The van der Waals surface area contributed by atoms with Gasteiger partial charge in [0, 0.05) is 11.4 Å². The van der Waals surface area contributed by atoms with Crippen LogP contribution in [0.25, 0.3) is 11.4 Å². The van der Waals surface area contributed by atoms with E-state index in [9.17, 15) is 0 Å². The van der Waals surface area contributed by atoms with E-state index in [0.717, 1.165) is 11.1 Å². The van der Waals surface area contributed by atoms with Gasteiger partial charge >= 0.3 is 6.08 Å². The van der Waals surface area contributed by atoms with E-state index >= 15 is 0 Å². The van der Waals surface area contributed by atoms with Gasteiger partial charge < -0.3 is 5.11 Å². The molecule has 0 aliphatic heterocycles. The Morgan fingerprint density at radius 2 is 2.00 bits per heavy atom. The standard InChI is InChI=1S/C9H7ClN2O2/c10-5-6-1-3-7(4-2-6)8-11-9(13)14-12-8/h1-4H,5H2,(H,11,12,13). The summed E-state index contributed by atoms with van der Waals surface area (Å²) < 4.78 is 4.44. The predicted octanol–water partition coefficient (Wildman–Crippen LogP) is 2.18. The molecule has 4 nitrogen and oxygen atoms in total. The van der Waals surface area contributed by atoms with Crippen LogP contribution >= 0.6 is 11.6 Å². The zero-order chi connectivity index (χ0) is 9.97. The molecule has 1 N–H and O–H groups in total. The molecule has 0 saturated heterocycles. The van der Waals surface area contributed by atoms with Crippen LogP contribution < -0.4 is 0 Å². The van der Waals surface area contributed by atoms with Crippen LogP contribution in [0.1, 0.15) is 5.56 Å². The van der Waals surface area contributed by atoms with Gasteiger partial charge in [0.2, 0.25) is 5.82 Å². The van der Waals surface area contributed by atoms with Crippen LogP contribution in [-0.2, 0) is 5.88 Å². The Labute approximate surface area is 85.1 Å². The number of aromatic nitrogens is 2. The van der Waals surface area contributed by atoms with Crippen LogP contribution in [0.3, 0.4) is 0 Å². The normalized spacial score (nSPS) is 10.4.